The van der Waals surface area contributed by atoms with E-state index in [1.807, 2.05) is 12.1 Å². The van der Waals surface area contributed by atoms with Crippen molar-refractivity contribution in [1.82, 2.24) is 10.2 Å². The van der Waals surface area contributed by atoms with Crippen molar-refractivity contribution in [2.45, 2.75) is 44.0 Å². The minimum atomic E-state index is -0.316. The zero-order valence-corrected chi connectivity index (χ0v) is 14.9. The van der Waals surface area contributed by atoms with Gasteiger partial charge in [-0.25, -0.2) is 0 Å². The van der Waals surface area contributed by atoms with Crippen LogP contribution in [-0.4, -0.2) is 35.2 Å². The van der Waals surface area contributed by atoms with Gasteiger partial charge in [-0.2, -0.15) is 5.26 Å². The molecule has 2 N–H and O–H groups in total. The standard InChI is InChI=1S/C22H25N3O/c23-14-16-5-7-17(8-6-16)15-25-11-9-19(10-12-25)24-22-20-4-2-1-3-18(20)13-21(22)26/h1-8,19,21-22,24,26H,9-13,15H2/t21-,22+/m1/s1. The van der Waals surface area contributed by atoms with Crippen LogP contribution in [0.2, 0.25) is 0 Å². The Morgan fingerprint density at radius 1 is 1.08 bits per heavy atom. The second-order valence-electron chi connectivity index (χ2n) is 7.47. The molecule has 0 unspecified atom stereocenters. The number of nitrogens with one attached hydrogen (secondary N) is 1. The maximum Gasteiger partial charge on any atom is 0.0991 e. The van der Waals surface area contributed by atoms with Gasteiger partial charge in [0.2, 0.25) is 0 Å². The van der Waals surface area contributed by atoms with Crippen molar-refractivity contribution in [2.75, 3.05) is 13.1 Å². The molecule has 2 aromatic carbocycles. The zero-order chi connectivity index (χ0) is 17.9. The van der Waals surface area contributed by atoms with Crippen molar-refractivity contribution in [1.29, 1.82) is 5.26 Å². The summed E-state index contributed by atoms with van der Waals surface area (Å²) in [5, 5.41) is 23.0. The largest absolute Gasteiger partial charge is 0.391 e. The van der Waals surface area contributed by atoms with Crippen LogP contribution in [0.1, 0.15) is 41.1 Å². The van der Waals surface area contributed by atoms with Gasteiger partial charge >= 0.3 is 0 Å². The fourth-order valence-electron chi connectivity index (χ4n) is 4.23. The van der Waals surface area contributed by atoms with Crippen LogP contribution in [0.15, 0.2) is 48.5 Å². The minimum absolute atomic E-state index is 0.0706. The number of nitrogens with zero attached hydrogens (tertiary/aromatic N) is 2. The minimum Gasteiger partial charge on any atom is -0.391 e. The molecule has 0 saturated carbocycles. The second-order valence-corrected chi connectivity index (χ2v) is 7.47. The molecule has 4 rings (SSSR count). The summed E-state index contributed by atoms with van der Waals surface area (Å²) in [5.74, 6) is 0. The van der Waals surface area contributed by atoms with Crippen molar-refractivity contribution in [3.05, 3.63) is 70.8 Å². The summed E-state index contributed by atoms with van der Waals surface area (Å²) in [7, 11) is 0. The first kappa shape index (κ1) is 17.2. The number of hydrogen-bond acceptors (Lipinski definition) is 4. The van der Waals surface area contributed by atoms with Gasteiger partial charge in [-0.3, -0.25) is 4.90 Å². The summed E-state index contributed by atoms with van der Waals surface area (Å²) in [6, 6.07) is 19.0. The molecule has 4 nitrogen and oxygen atoms in total. The molecule has 1 aliphatic carbocycles. The van der Waals surface area contributed by atoms with Crippen molar-refractivity contribution in [2.24, 2.45) is 0 Å². The summed E-state index contributed by atoms with van der Waals surface area (Å²) < 4.78 is 0. The number of nitriles is 1. The molecule has 1 fully saturated rings. The Morgan fingerprint density at radius 2 is 1.81 bits per heavy atom. The first-order chi connectivity index (χ1) is 12.7. The lowest BCUT2D eigenvalue weighted by Crippen LogP contribution is -2.45. The smallest absolute Gasteiger partial charge is 0.0991 e. The maximum atomic E-state index is 10.4. The Labute approximate surface area is 155 Å². The van der Waals surface area contributed by atoms with E-state index in [0.717, 1.165) is 38.9 Å². The van der Waals surface area contributed by atoms with E-state index in [9.17, 15) is 5.11 Å². The molecule has 26 heavy (non-hydrogen) atoms. The molecule has 0 bridgehead atoms. The molecular weight excluding hydrogens is 322 g/mol. The Morgan fingerprint density at radius 3 is 2.54 bits per heavy atom. The van der Waals surface area contributed by atoms with Crippen LogP contribution >= 0.6 is 0 Å². The average Bonchev–Trinajstić information content (AvgIpc) is 2.99. The molecule has 0 radical (unpaired) electrons. The van der Waals surface area contributed by atoms with Crippen LogP contribution in [0.4, 0.5) is 0 Å². The predicted molar refractivity (Wildman–Crippen MR) is 101 cm³/mol. The summed E-state index contributed by atoms with van der Waals surface area (Å²) in [5.41, 5.74) is 4.51. The lowest BCUT2D eigenvalue weighted by atomic mass is 10.0. The van der Waals surface area contributed by atoms with Crippen LogP contribution in [0.5, 0.6) is 0 Å². The van der Waals surface area contributed by atoms with Crippen LogP contribution in [-0.2, 0) is 13.0 Å². The Balaban J connectivity index is 1.30. The monoisotopic (exact) mass is 347 g/mol. The molecule has 2 aromatic rings. The molecule has 4 heteroatoms. The molecule has 1 saturated heterocycles. The van der Waals surface area contributed by atoms with E-state index in [1.54, 1.807) is 0 Å². The highest BCUT2D eigenvalue weighted by atomic mass is 16.3. The van der Waals surface area contributed by atoms with Crippen molar-refractivity contribution >= 4 is 0 Å². The molecule has 0 amide bonds. The van der Waals surface area contributed by atoms with Gasteiger partial charge in [-0.15, -0.1) is 0 Å². The first-order valence-corrected chi connectivity index (χ1v) is 9.46. The third-order valence-corrected chi connectivity index (χ3v) is 5.70. The number of likely N-dealkylation sites (tertiary alicyclic amines) is 1. The van der Waals surface area contributed by atoms with E-state index in [0.29, 0.717) is 11.6 Å². The van der Waals surface area contributed by atoms with E-state index >= 15 is 0 Å². The van der Waals surface area contributed by atoms with Crippen molar-refractivity contribution in [3.63, 3.8) is 0 Å². The van der Waals surface area contributed by atoms with E-state index in [2.05, 4.69) is 52.7 Å². The van der Waals surface area contributed by atoms with Crippen LogP contribution < -0.4 is 5.32 Å². The highest BCUT2D eigenvalue weighted by Gasteiger charge is 2.33. The topological polar surface area (TPSA) is 59.3 Å². The third kappa shape index (κ3) is 3.66. The van der Waals surface area contributed by atoms with Crippen LogP contribution in [0.3, 0.4) is 0 Å². The number of aliphatic hydroxyl groups is 1. The number of fused-ring (bicyclic) bond motifs is 1. The molecule has 1 heterocycles. The van der Waals surface area contributed by atoms with E-state index in [1.165, 1.54) is 16.7 Å². The Hall–Kier alpha value is -2.19. The highest BCUT2D eigenvalue weighted by Crippen LogP contribution is 2.32. The number of rotatable bonds is 4. The second kappa shape index (κ2) is 7.59. The van der Waals surface area contributed by atoms with Crippen molar-refractivity contribution in [3.8, 4) is 6.07 Å². The van der Waals surface area contributed by atoms with E-state index in [4.69, 9.17) is 5.26 Å². The quantitative estimate of drug-likeness (QED) is 0.893. The fourth-order valence-corrected chi connectivity index (χ4v) is 4.23. The predicted octanol–water partition coefficient (Wildman–Crippen LogP) is 2.77. The zero-order valence-electron chi connectivity index (χ0n) is 14.9. The Kier molecular flexibility index (Phi) is 5.03. The Bertz CT molecular complexity index is 788. The SMILES string of the molecule is N#Cc1ccc(CN2CCC(N[C@H]3c4ccccc4C[C@H]3O)CC2)cc1. The molecular formula is C22H25N3O. The number of piperidine rings is 1. The molecule has 134 valence electrons. The fraction of sp³-hybridized carbons (Fsp3) is 0.409. The molecule has 0 aromatic heterocycles. The van der Waals surface area contributed by atoms with Gasteiger partial charge in [-0.1, -0.05) is 36.4 Å². The molecule has 0 spiro atoms. The van der Waals surface area contributed by atoms with Crippen LogP contribution in [0, 0.1) is 11.3 Å². The maximum absolute atomic E-state index is 10.4. The lowest BCUT2D eigenvalue weighted by molar-refractivity contribution is 0.118. The number of hydrogen-bond donors (Lipinski definition) is 2. The normalized spacial score (nSPS) is 23.5. The first-order valence-electron chi connectivity index (χ1n) is 9.46. The summed E-state index contributed by atoms with van der Waals surface area (Å²) in [6.45, 7) is 3.05. The van der Waals surface area contributed by atoms with Crippen LogP contribution in [0.25, 0.3) is 0 Å². The van der Waals surface area contributed by atoms with E-state index in [-0.39, 0.29) is 12.1 Å². The number of aliphatic hydroxyl groups excluding tert-OH is 1. The average molecular weight is 347 g/mol. The van der Waals surface area contributed by atoms with Gasteiger partial charge in [0.25, 0.3) is 0 Å². The van der Waals surface area contributed by atoms with Gasteiger partial charge in [-0.05, 0) is 54.8 Å². The third-order valence-electron chi connectivity index (χ3n) is 5.70. The van der Waals surface area contributed by atoms with Gasteiger partial charge in [0.15, 0.2) is 0 Å². The highest BCUT2D eigenvalue weighted by molar-refractivity contribution is 5.36. The molecule has 2 aliphatic rings. The van der Waals surface area contributed by atoms with Gasteiger partial charge in [0, 0.05) is 19.0 Å². The van der Waals surface area contributed by atoms with Crippen molar-refractivity contribution < 1.29 is 5.11 Å². The summed E-state index contributed by atoms with van der Waals surface area (Å²) in [4.78, 5) is 2.47. The summed E-state index contributed by atoms with van der Waals surface area (Å²) >= 11 is 0. The van der Waals surface area contributed by atoms with Gasteiger partial charge < -0.3 is 10.4 Å². The van der Waals surface area contributed by atoms with Gasteiger partial charge in [0.1, 0.15) is 0 Å². The number of benzene rings is 2. The molecule has 1 aliphatic heterocycles. The molecule has 2 atom stereocenters. The lowest BCUT2D eigenvalue weighted by Gasteiger charge is -2.34. The summed E-state index contributed by atoms with van der Waals surface area (Å²) in [6.07, 6.45) is 2.64. The van der Waals surface area contributed by atoms with E-state index < -0.39 is 0 Å². The van der Waals surface area contributed by atoms with Gasteiger partial charge in [0.05, 0.1) is 23.8 Å².